The van der Waals surface area contributed by atoms with E-state index in [0.29, 0.717) is 12.8 Å². The number of primary amides is 1. The highest BCUT2D eigenvalue weighted by atomic mass is 16.3. The molecule has 0 saturated carbocycles. The van der Waals surface area contributed by atoms with Gasteiger partial charge in [-0.15, -0.1) is 0 Å². The summed E-state index contributed by atoms with van der Waals surface area (Å²) in [5.74, 6) is -0.864. The molecular formula is C12H15NO3. The first-order valence-corrected chi connectivity index (χ1v) is 5.11. The van der Waals surface area contributed by atoms with E-state index in [1.165, 1.54) is 0 Å². The average Bonchev–Trinajstić information content (AvgIpc) is 2.30. The zero-order chi connectivity index (χ0) is 12.0. The van der Waals surface area contributed by atoms with Crippen LogP contribution in [0.2, 0.25) is 0 Å². The summed E-state index contributed by atoms with van der Waals surface area (Å²) in [6.45, 7) is -0.0319. The van der Waals surface area contributed by atoms with Gasteiger partial charge in [-0.05, 0) is 17.5 Å². The maximum atomic E-state index is 11.2. The minimum atomic E-state index is -0.432. The number of carbonyl (C=O) groups excluding carboxylic acids is 2. The van der Waals surface area contributed by atoms with Gasteiger partial charge in [0, 0.05) is 6.42 Å². The van der Waals surface area contributed by atoms with Crippen molar-refractivity contribution in [3.05, 3.63) is 35.4 Å². The maximum absolute atomic E-state index is 11.2. The van der Waals surface area contributed by atoms with E-state index in [4.69, 9.17) is 10.8 Å². The van der Waals surface area contributed by atoms with Gasteiger partial charge in [0.25, 0.3) is 0 Å². The van der Waals surface area contributed by atoms with Gasteiger partial charge in [-0.1, -0.05) is 24.3 Å². The standard InChI is InChI=1S/C12H15NO3/c13-12(16)11(2-1-7-14)10-5-3-9(8-15)4-6-10/h3-7,11,15H,1-2,8H2,(H2,13,16). The lowest BCUT2D eigenvalue weighted by atomic mass is 9.93. The van der Waals surface area contributed by atoms with Gasteiger partial charge in [0.2, 0.25) is 5.91 Å². The van der Waals surface area contributed by atoms with Crippen LogP contribution in [0.25, 0.3) is 0 Å². The summed E-state index contributed by atoms with van der Waals surface area (Å²) in [5, 5.41) is 8.88. The molecule has 0 fully saturated rings. The molecule has 1 aromatic carbocycles. The van der Waals surface area contributed by atoms with E-state index < -0.39 is 11.8 Å². The lowest BCUT2D eigenvalue weighted by Crippen LogP contribution is -2.21. The predicted molar refractivity (Wildman–Crippen MR) is 59.6 cm³/mol. The minimum Gasteiger partial charge on any atom is -0.392 e. The van der Waals surface area contributed by atoms with Crippen LogP contribution >= 0.6 is 0 Å². The predicted octanol–water partition coefficient (Wildman–Crippen LogP) is 0.727. The smallest absolute Gasteiger partial charge is 0.224 e. The number of nitrogens with two attached hydrogens (primary N) is 1. The van der Waals surface area contributed by atoms with Crippen LogP contribution in [-0.2, 0) is 16.2 Å². The highest BCUT2D eigenvalue weighted by Crippen LogP contribution is 2.21. The largest absolute Gasteiger partial charge is 0.392 e. The van der Waals surface area contributed by atoms with Gasteiger partial charge >= 0.3 is 0 Å². The molecule has 4 heteroatoms. The van der Waals surface area contributed by atoms with E-state index in [9.17, 15) is 9.59 Å². The summed E-state index contributed by atoms with van der Waals surface area (Å²) >= 11 is 0. The van der Waals surface area contributed by atoms with Crippen molar-refractivity contribution in [1.29, 1.82) is 0 Å². The molecule has 16 heavy (non-hydrogen) atoms. The van der Waals surface area contributed by atoms with Crippen molar-refractivity contribution < 1.29 is 14.7 Å². The Balaban J connectivity index is 2.83. The number of aldehydes is 1. The summed E-state index contributed by atoms with van der Waals surface area (Å²) < 4.78 is 0. The first-order chi connectivity index (χ1) is 7.69. The first kappa shape index (κ1) is 12.4. The van der Waals surface area contributed by atoms with Crippen LogP contribution in [0.15, 0.2) is 24.3 Å². The number of benzene rings is 1. The molecule has 0 heterocycles. The number of aliphatic hydroxyl groups excluding tert-OH is 1. The number of rotatable bonds is 6. The van der Waals surface area contributed by atoms with E-state index in [0.717, 1.165) is 17.4 Å². The normalized spacial score (nSPS) is 12.1. The summed E-state index contributed by atoms with van der Waals surface area (Å²) in [6.07, 6.45) is 1.52. The van der Waals surface area contributed by atoms with Crippen LogP contribution in [-0.4, -0.2) is 17.3 Å². The number of hydrogen-bond acceptors (Lipinski definition) is 3. The molecule has 0 aliphatic carbocycles. The van der Waals surface area contributed by atoms with Crippen LogP contribution < -0.4 is 5.73 Å². The van der Waals surface area contributed by atoms with Crippen LogP contribution in [0.1, 0.15) is 29.9 Å². The van der Waals surface area contributed by atoms with Crippen LogP contribution in [0.3, 0.4) is 0 Å². The number of carbonyl (C=O) groups is 2. The second-order valence-corrected chi connectivity index (χ2v) is 3.60. The van der Waals surface area contributed by atoms with Crippen LogP contribution in [0.5, 0.6) is 0 Å². The zero-order valence-corrected chi connectivity index (χ0v) is 8.93. The fourth-order valence-corrected chi connectivity index (χ4v) is 1.56. The van der Waals surface area contributed by atoms with Crippen molar-refractivity contribution in [1.82, 2.24) is 0 Å². The van der Waals surface area contributed by atoms with E-state index in [-0.39, 0.29) is 6.61 Å². The molecule has 86 valence electrons. The summed E-state index contributed by atoms with van der Waals surface area (Å²) in [4.78, 5) is 21.5. The summed E-state index contributed by atoms with van der Waals surface area (Å²) in [6, 6.07) is 7.00. The Hall–Kier alpha value is -1.68. The van der Waals surface area contributed by atoms with Gasteiger partial charge in [-0.3, -0.25) is 4.79 Å². The maximum Gasteiger partial charge on any atom is 0.224 e. The Morgan fingerprint density at radius 1 is 1.38 bits per heavy atom. The van der Waals surface area contributed by atoms with Crippen molar-refractivity contribution in [3.63, 3.8) is 0 Å². The molecule has 0 spiro atoms. The molecule has 0 aliphatic heterocycles. The second kappa shape index (κ2) is 6.02. The lowest BCUT2D eigenvalue weighted by Gasteiger charge is -2.12. The molecule has 1 amide bonds. The molecule has 0 radical (unpaired) electrons. The molecular weight excluding hydrogens is 206 g/mol. The molecule has 0 aliphatic rings. The van der Waals surface area contributed by atoms with Crippen LogP contribution in [0.4, 0.5) is 0 Å². The molecule has 0 bridgehead atoms. The Kier molecular flexibility index (Phi) is 4.66. The Bertz CT molecular complexity index is 359. The third kappa shape index (κ3) is 3.17. The molecule has 1 rings (SSSR count). The number of amides is 1. The third-order valence-electron chi connectivity index (χ3n) is 2.48. The van der Waals surface area contributed by atoms with Crippen LogP contribution in [0, 0.1) is 0 Å². The van der Waals surface area contributed by atoms with Gasteiger partial charge < -0.3 is 15.6 Å². The van der Waals surface area contributed by atoms with Gasteiger partial charge in [0.05, 0.1) is 12.5 Å². The monoisotopic (exact) mass is 221 g/mol. The quantitative estimate of drug-likeness (QED) is 0.695. The Morgan fingerprint density at radius 2 is 2.00 bits per heavy atom. The van der Waals surface area contributed by atoms with Crippen molar-refractivity contribution in [2.45, 2.75) is 25.4 Å². The van der Waals surface area contributed by atoms with Gasteiger partial charge in [0.15, 0.2) is 0 Å². The third-order valence-corrected chi connectivity index (χ3v) is 2.48. The van der Waals surface area contributed by atoms with Gasteiger partial charge in [-0.25, -0.2) is 0 Å². The molecule has 1 atom stereocenters. The minimum absolute atomic E-state index is 0.0319. The highest BCUT2D eigenvalue weighted by Gasteiger charge is 2.16. The Morgan fingerprint density at radius 3 is 2.44 bits per heavy atom. The zero-order valence-electron chi connectivity index (χ0n) is 8.93. The van der Waals surface area contributed by atoms with Gasteiger partial charge in [-0.2, -0.15) is 0 Å². The van der Waals surface area contributed by atoms with E-state index in [2.05, 4.69) is 0 Å². The fraction of sp³-hybridized carbons (Fsp3) is 0.333. The van der Waals surface area contributed by atoms with Crippen molar-refractivity contribution in [3.8, 4) is 0 Å². The van der Waals surface area contributed by atoms with Gasteiger partial charge in [0.1, 0.15) is 6.29 Å². The molecule has 1 aromatic rings. The average molecular weight is 221 g/mol. The molecule has 1 unspecified atom stereocenters. The summed E-state index contributed by atoms with van der Waals surface area (Å²) in [7, 11) is 0. The number of aliphatic hydroxyl groups is 1. The second-order valence-electron chi connectivity index (χ2n) is 3.60. The van der Waals surface area contributed by atoms with E-state index in [1.807, 2.05) is 0 Å². The van der Waals surface area contributed by atoms with E-state index >= 15 is 0 Å². The summed E-state index contributed by atoms with van der Waals surface area (Å²) in [5.41, 5.74) is 6.84. The van der Waals surface area contributed by atoms with Crippen molar-refractivity contribution >= 4 is 12.2 Å². The highest BCUT2D eigenvalue weighted by molar-refractivity contribution is 5.82. The van der Waals surface area contributed by atoms with E-state index in [1.54, 1.807) is 24.3 Å². The molecule has 4 nitrogen and oxygen atoms in total. The Labute approximate surface area is 94.1 Å². The fourth-order valence-electron chi connectivity index (χ4n) is 1.56. The first-order valence-electron chi connectivity index (χ1n) is 5.11. The topological polar surface area (TPSA) is 80.4 Å². The van der Waals surface area contributed by atoms with Crippen molar-refractivity contribution in [2.75, 3.05) is 0 Å². The molecule has 0 saturated heterocycles. The lowest BCUT2D eigenvalue weighted by molar-refractivity contribution is -0.119. The van der Waals surface area contributed by atoms with Crippen molar-refractivity contribution in [2.24, 2.45) is 5.73 Å². The SMILES string of the molecule is NC(=O)C(CCC=O)c1ccc(CO)cc1. The molecule has 3 N–H and O–H groups in total. The molecule has 0 aromatic heterocycles. The number of hydrogen-bond donors (Lipinski definition) is 2.